The third-order valence-electron chi connectivity index (χ3n) is 5.43. The lowest BCUT2D eigenvalue weighted by Crippen LogP contribution is -2.07. The second kappa shape index (κ2) is 7.02. The van der Waals surface area contributed by atoms with Gasteiger partial charge in [-0.05, 0) is 59.0 Å². The fourth-order valence-electron chi connectivity index (χ4n) is 4.16. The van der Waals surface area contributed by atoms with Gasteiger partial charge < -0.3 is 4.74 Å². The van der Waals surface area contributed by atoms with Crippen molar-refractivity contribution in [3.8, 4) is 23.6 Å². The molecule has 140 valence electrons. The number of carbonyl (C=O) groups excluding carboxylic acids is 1. The van der Waals surface area contributed by atoms with Gasteiger partial charge in [0.05, 0.1) is 16.8 Å². The summed E-state index contributed by atoms with van der Waals surface area (Å²) >= 11 is 3.47. The van der Waals surface area contributed by atoms with Crippen molar-refractivity contribution in [2.45, 2.75) is 12.8 Å². The molecule has 0 spiro atoms. The monoisotopic (exact) mass is 441 g/mol. The average Bonchev–Trinajstić information content (AvgIpc) is 3.16. The maximum atomic E-state index is 12.7. The number of fused-ring (bicyclic) bond motifs is 1. The lowest BCUT2D eigenvalue weighted by Gasteiger charge is -2.12. The van der Waals surface area contributed by atoms with E-state index in [1.54, 1.807) is 0 Å². The van der Waals surface area contributed by atoms with E-state index in [-0.39, 0.29) is 6.61 Å². The maximum Gasteiger partial charge on any atom is 0.339 e. The van der Waals surface area contributed by atoms with Crippen LogP contribution in [0.1, 0.15) is 21.5 Å². The van der Waals surface area contributed by atoms with Crippen LogP contribution in [0.25, 0.3) is 32.9 Å². The Hall–Kier alpha value is -3.16. The standard InChI is InChI=1S/C25H16BrNO2/c1-2-12-29-25(28)21-14-23(27-22-11-9-17(26)13-20(21)22)18-10-8-16-7-6-15-4-3-5-19(18)24(15)16/h1,3-5,8-11,13-14H,6-7,12H2. The van der Waals surface area contributed by atoms with Gasteiger partial charge in [0, 0.05) is 15.4 Å². The summed E-state index contributed by atoms with van der Waals surface area (Å²) in [6.45, 7) is -0.0625. The molecule has 1 heterocycles. The van der Waals surface area contributed by atoms with E-state index in [9.17, 15) is 4.79 Å². The number of pyridine rings is 1. The molecule has 0 N–H and O–H groups in total. The zero-order valence-corrected chi connectivity index (χ0v) is 17.1. The summed E-state index contributed by atoms with van der Waals surface area (Å²) in [6, 6.07) is 18.2. The zero-order chi connectivity index (χ0) is 20.0. The van der Waals surface area contributed by atoms with Crippen LogP contribution in [0.2, 0.25) is 0 Å². The van der Waals surface area contributed by atoms with Crippen molar-refractivity contribution in [3.63, 3.8) is 0 Å². The van der Waals surface area contributed by atoms with Crippen LogP contribution < -0.4 is 0 Å². The minimum Gasteiger partial charge on any atom is -0.449 e. The molecule has 0 aliphatic heterocycles. The second-order valence-corrected chi connectivity index (χ2v) is 8.02. The molecule has 0 saturated heterocycles. The molecule has 4 heteroatoms. The van der Waals surface area contributed by atoms with Crippen LogP contribution >= 0.6 is 15.9 Å². The molecule has 1 aromatic heterocycles. The fourth-order valence-corrected chi connectivity index (χ4v) is 4.52. The predicted molar refractivity (Wildman–Crippen MR) is 119 cm³/mol. The number of hydrogen-bond donors (Lipinski definition) is 0. The molecule has 0 unspecified atom stereocenters. The molecule has 0 fully saturated rings. The molecule has 29 heavy (non-hydrogen) atoms. The van der Waals surface area contributed by atoms with Gasteiger partial charge in [0.2, 0.25) is 0 Å². The lowest BCUT2D eigenvalue weighted by molar-refractivity contribution is 0.0559. The Bertz CT molecular complexity index is 1340. The lowest BCUT2D eigenvalue weighted by atomic mass is 9.96. The number of hydrogen-bond acceptors (Lipinski definition) is 3. The summed E-state index contributed by atoms with van der Waals surface area (Å²) in [4.78, 5) is 17.6. The summed E-state index contributed by atoms with van der Waals surface area (Å²) in [5, 5.41) is 3.22. The van der Waals surface area contributed by atoms with Crippen molar-refractivity contribution in [2.75, 3.05) is 6.61 Å². The summed E-state index contributed by atoms with van der Waals surface area (Å²) in [5.74, 6) is 1.91. The number of aromatic nitrogens is 1. The molecule has 3 nitrogen and oxygen atoms in total. The summed E-state index contributed by atoms with van der Waals surface area (Å²) < 4.78 is 6.10. The minimum atomic E-state index is -0.444. The topological polar surface area (TPSA) is 39.2 Å². The van der Waals surface area contributed by atoms with Crippen molar-refractivity contribution < 1.29 is 9.53 Å². The van der Waals surface area contributed by atoms with Crippen LogP contribution in [0.5, 0.6) is 0 Å². The number of esters is 1. The first kappa shape index (κ1) is 17.9. The first-order valence-corrected chi connectivity index (χ1v) is 10.2. The molecule has 3 aromatic carbocycles. The van der Waals surface area contributed by atoms with Crippen LogP contribution in [-0.4, -0.2) is 17.6 Å². The number of ether oxygens (including phenoxy) is 1. The van der Waals surface area contributed by atoms with E-state index in [1.165, 1.54) is 21.9 Å². The van der Waals surface area contributed by atoms with Crippen molar-refractivity contribution in [1.82, 2.24) is 4.98 Å². The van der Waals surface area contributed by atoms with Gasteiger partial charge in [-0.1, -0.05) is 52.2 Å². The van der Waals surface area contributed by atoms with Gasteiger partial charge in [-0.25, -0.2) is 9.78 Å². The molecule has 0 radical (unpaired) electrons. The van der Waals surface area contributed by atoms with E-state index < -0.39 is 5.97 Å². The highest BCUT2D eigenvalue weighted by atomic mass is 79.9. The number of benzene rings is 3. The van der Waals surface area contributed by atoms with Crippen molar-refractivity contribution in [2.24, 2.45) is 0 Å². The molecule has 5 rings (SSSR count). The number of terminal acetylenes is 1. The predicted octanol–water partition coefficient (Wildman–Crippen LogP) is 5.71. The van der Waals surface area contributed by atoms with Crippen molar-refractivity contribution in [3.05, 3.63) is 75.8 Å². The molecule has 0 atom stereocenters. The third-order valence-corrected chi connectivity index (χ3v) is 5.92. The van der Waals surface area contributed by atoms with Gasteiger partial charge in [-0.15, -0.1) is 6.42 Å². The smallest absolute Gasteiger partial charge is 0.339 e. The number of aryl methyl sites for hydroxylation is 2. The largest absolute Gasteiger partial charge is 0.449 e. The van der Waals surface area contributed by atoms with E-state index in [2.05, 4.69) is 52.2 Å². The Kier molecular flexibility index (Phi) is 4.34. The normalized spacial score (nSPS) is 12.3. The highest BCUT2D eigenvalue weighted by molar-refractivity contribution is 9.10. The van der Waals surface area contributed by atoms with Crippen LogP contribution in [-0.2, 0) is 17.6 Å². The zero-order valence-electron chi connectivity index (χ0n) is 15.5. The SMILES string of the molecule is C#CCOC(=O)c1cc(-c2ccc3c4c(cccc24)CC3)nc2ccc(Br)cc12. The average molecular weight is 442 g/mol. The van der Waals surface area contributed by atoms with E-state index in [0.29, 0.717) is 5.56 Å². The molecule has 1 aliphatic carbocycles. The Morgan fingerprint density at radius 2 is 1.90 bits per heavy atom. The van der Waals surface area contributed by atoms with Gasteiger partial charge in [-0.2, -0.15) is 0 Å². The molecular weight excluding hydrogens is 426 g/mol. The molecule has 0 bridgehead atoms. The number of nitrogens with zero attached hydrogens (tertiary/aromatic N) is 1. The quantitative estimate of drug-likeness (QED) is 0.302. The molecule has 0 amide bonds. The Balaban J connectivity index is 1.77. The van der Waals surface area contributed by atoms with Crippen LogP contribution in [0.15, 0.2) is 59.1 Å². The molecule has 4 aromatic rings. The van der Waals surface area contributed by atoms with Gasteiger partial charge in [-0.3, -0.25) is 0 Å². The molecule has 1 aliphatic rings. The molecular formula is C25H16BrNO2. The van der Waals surface area contributed by atoms with E-state index in [1.807, 2.05) is 24.3 Å². The van der Waals surface area contributed by atoms with E-state index in [4.69, 9.17) is 16.1 Å². The van der Waals surface area contributed by atoms with Crippen molar-refractivity contribution in [1.29, 1.82) is 0 Å². The van der Waals surface area contributed by atoms with Crippen LogP contribution in [0, 0.1) is 12.3 Å². The number of carbonyl (C=O) groups is 1. The van der Waals surface area contributed by atoms with E-state index in [0.717, 1.165) is 39.5 Å². The second-order valence-electron chi connectivity index (χ2n) is 7.11. The highest BCUT2D eigenvalue weighted by Gasteiger charge is 2.20. The first-order chi connectivity index (χ1) is 14.2. The third kappa shape index (κ3) is 2.99. The van der Waals surface area contributed by atoms with Gasteiger partial charge in [0.15, 0.2) is 6.61 Å². The first-order valence-electron chi connectivity index (χ1n) is 9.40. The van der Waals surface area contributed by atoms with Gasteiger partial charge in [0.25, 0.3) is 0 Å². The maximum absolute atomic E-state index is 12.7. The number of rotatable bonds is 3. The summed E-state index contributed by atoms with van der Waals surface area (Å²) in [5.41, 5.74) is 5.72. The number of halogens is 1. The fraction of sp³-hybridized carbons (Fsp3) is 0.120. The summed E-state index contributed by atoms with van der Waals surface area (Å²) in [7, 11) is 0. The Labute approximate surface area is 176 Å². The van der Waals surface area contributed by atoms with Crippen molar-refractivity contribution >= 4 is 43.6 Å². The Morgan fingerprint density at radius 1 is 1.07 bits per heavy atom. The summed E-state index contributed by atoms with van der Waals surface area (Å²) in [6.07, 6.45) is 7.40. The van der Waals surface area contributed by atoms with Gasteiger partial charge in [0.1, 0.15) is 0 Å². The van der Waals surface area contributed by atoms with Crippen LogP contribution in [0.4, 0.5) is 0 Å². The van der Waals surface area contributed by atoms with Crippen LogP contribution in [0.3, 0.4) is 0 Å². The Morgan fingerprint density at radius 3 is 2.72 bits per heavy atom. The highest BCUT2D eigenvalue weighted by Crippen LogP contribution is 2.37. The molecule has 0 saturated carbocycles. The van der Waals surface area contributed by atoms with E-state index >= 15 is 0 Å². The van der Waals surface area contributed by atoms with Gasteiger partial charge >= 0.3 is 5.97 Å². The minimum absolute atomic E-state index is 0.0625.